The van der Waals surface area contributed by atoms with Crippen LogP contribution in [0.15, 0.2) is 47.1 Å². The van der Waals surface area contributed by atoms with E-state index >= 15 is 0 Å². The van der Waals surface area contributed by atoms with E-state index < -0.39 is 0 Å². The van der Waals surface area contributed by atoms with Gasteiger partial charge in [0.05, 0.1) is 11.0 Å². The van der Waals surface area contributed by atoms with Crippen LogP contribution < -0.4 is 0 Å². The number of carbonyl (C=O) groups excluding carboxylic acids is 2. The summed E-state index contributed by atoms with van der Waals surface area (Å²) in [5.41, 5.74) is 4.58. The van der Waals surface area contributed by atoms with Gasteiger partial charge in [-0.25, -0.2) is 4.98 Å². The molecule has 0 saturated carbocycles. The number of H-pyrrole nitrogens is 1. The van der Waals surface area contributed by atoms with Crippen molar-refractivity contribution in [2.24, 2.45) is 23.7 Å². The third kappa shape index (κ3) is 3.62. The molecule has 1 aliphatic heterocycles. The Kier molecular flexibility index (Phi) is 5.39. The van der Waals surface area contributed by atoms with Gasteiger partial charge in [0.1, 0.15) is 5.82 Å². The molecule has 2 aromatic rings. The van der Waals surface area contributed by atoms with Gasteiger partial charge in [-0.05, 0) is 63.0 Å². The molecule has 1 aliphatic carbocycles. The number of aromatic nitrogens is 2. The van der Waals surface area contributed by atoms with E-state index in [1.807, 2.05) is 18.2 Å². The Morgan fingerprint density at radius 3 is 2.40 bits per heavy atom. The largest absolute Gasteiger partial charge is 0.342 e. The topological polar surface area (TPSA) is 66.1 Å². The maximum atomic E-state index is 12.6. The number of imidazole rings is 1. The lowest BCUT2D eigenvalue weighted by Gasteiger charge is -2.38. The van der Waals surface area contributed by atoms with Crippen molar-refractivity contribution in [2.75, 3.05) is 6.54 Å². The molecule has 3 unspecified atom stereocenters. The van der Waals surface area contributed by atoms with Gasteiger partial charge in [-0.1, -0.05) is 37.6 Å². The number of nitrogens with one attached hydrogen (secondary N) is 1. The zero-order valence-electron chi connectivity index (χ0n) is 18.5. The van der Waals surface area contributed by atoms with Crippen molar-refractivity contribution in [2.45, 2.75) is 47.5 Å². The van der Waals surface area contributed by atoms with Crippen LogP contribution in [0.4, 0.5) is 0 Å². The van der Waals surface area contributed by atoms with Gasteiger partial charge in [0, 0.05) is 24.1 Å². The highest BCUT2D eigenvalue weighted by Crippen LogP contribution is 2.40. The van der Waals surface area contributed by atoms with Crippen LogP contribution in [0.5, 0.6) is 0 Å². The second-order valence-electron chi connectivity index (χ2n) is 9.29. The van der Waals surface area contributed by atoms with Crippen molar-refractivity contribution < 1.29 is 9.59 Å². The minimum Gasteiger partial charge on any atom is -0.342 e. The predicted molar refractivity (Wildman–Crippen MR) is 119 cm³/mol. The van der Waals surface area contributed by atoms with Crippen LogP contribution in [0.1, 0.15) is 46.9 Å². The van der Waals surface area contributed by atoms with Crippen molar-refractivity contribution in [3.8, 4) is 0 Å². The van der Waals surface area contributed by atoms with Crippen LogP contribution in [0.25, 0.3) is 11.0 Å². The maximum absolute atomic E-state index is 12.6. The number of hydrogen-bond donors (Lipinski definition) is 1. The molecule has 30 heavy (non-hydrogen) atoms. The highest BCUT2D eigenvalue weighted by Gasteiger charge is 2.38. The molecule has 1 aromatic heterocycles. The van der Waals surface area contributed by atoms with Crippen LogP contribution in [-0.2, 0) is 16.0 Å². The third-order valence-corrected chi connectivity index (χ3v) is 7.05. The van der Waals surface area contributed by atoms with Crippen molar-refractivity contribution in [3.05, 3.63) is 52.9 Å². The number of para-hydroxylation sites is 2. The van der Waals surface area contributed by atoms with E-state index in [0.29, 0.717) is 35.4 Å². The van der Waals surface area contributed by atoms with E-state index in [-0.39, 0.29) is 17.7 Å². The molecular weight excluding hydrogens is 374 g/mol. The molecule has 0 saturated heterocycles. The lowest BCUT2D eigenvalue weighted by atomic mass is 9.69. The molecular formula is C25H31N3O2. The Labute approximate surface area is 178 Å². The van der Waals surface area contributed by atoms with Gasteiger partial charge in [-0.3, -0.25) is 14.5 Å². The van der Waals surface area contributed by atoms with Crippen LogP contribution in [0.2, 0.25) is 0 Å². The van der Waals surface area contributed by atoms with Crippen molar-refractivity contribution >= 4 is 22.8 Å². The zero-order valence-corrected chi connectivity index (χ0v) is 18.5. The van der Waals surface area contributed by atoms with Gasteiger partial charge >= 0.3 is 0 Å². The van der Waals surface area contributed by atoms with Crippen molar-refractivity contribution in [3.63, 3.8) is 0 Å². The molecule has 5 heteroatoms. The second kappa shape index (κ2) is 7.86. The Morgan fingerprint density at radius 2 is 1.77 bits per heavy atom. The Hall–Kier alpha value is -2.69. The summed E-state index contributed by atoms with van der Waals surface area (Å²) in [4.78, 5) is 34.8. The molecule has 2 amide bonds. The quantitative estimate of drug-likeness (QED) is 0.581. The Bertz CT molecular complexity index is 1000. The summed E-state index contributed by atoms with van der Waals surface area (Å²) in [6, 6.07) is 8.13. The maximum Gasteiger partial charge on any atom is 0.256 e. The lowest BCUT2D eigenvalue weighted by molar-refractivity contribution is -0.138. The van der Waals surface area contributed by atoms with E-state index in [0.717, 1.165) is 29.7 Å². The minimum atomic E-state index is -0.129. The van der Waals surface area contributed by atoms with E-state index in [4.69, 9.17) is 4.98 Å². The van der Waals surface area contributed by atoms with Gasteiger partial charge in [-0.2, -0.15) is 0 Å². The molecule has 3 atom stereocenters. The van der Waals surface area contributed by atoms with Gasteiger partial charge in [0.2, 0.25) is 0 Å². The van der Waals surface area contributed by atoms with Crippen LogP contribution >= 0.6 is 0 Å². The van der Waals surface area contributed by atoms with Crippen LogP contribution in [0, 0.1) is 23.7 Å². The summed E-state index contributed by atoms with van der Waals surface area (Å²) < 4.78 is 0. The van der Waals surface area contributed by atoms with Crippen molar-refractivity contribution in [1.82, 2.24) is 14.9 Å². The number of hydrogen-bond acceptors (Lipinski definition) is 3. The number of rotatable bonds is 5. The van der Waals surface area contributed by atoms with Gasteiger partial charge in [0.25, 0.3) is 11.8 Å². The standard InChI is InChI=1S/C25H31N3O2/c1-14(2)20-11-18(12-23-26-21-8-6-7-9-22(21)27-23)15(3)10-19(20)13-28-24(29)16(4)17(5)25(28)30/h6-10,14,18-20H,11-13H2,1-5H3,(H,26,27). The number of nitrogens with zero attached hydrogens (tertiary/aromatic N) is 2. The summed E-state index contributed by atoms with van der Waals surface area (Å²) in [5.74, 6) is 2.27. The third-order valence-electron chi connectivity index (χ3n) is 7.05. The summed E-state index contributed by atoms with van der Waals surface area (Å²) in [5, 5.41) is 0. The predicted octanol–water partition coefficient (Wildman–Crippen LogP) is 4.67. The fraction of sp³-hybridized carbons (Fsp3) is 0.480. The summed E-state index contributed by atoms with van der Waals surface area (Å²) in [6.45, 7) is 10.6. The molecule has 0 bridgehead atoms. The molecule has 0 fully saturated rings. The van der Waals surface area contributed by atoms with E-state index in [2.05, 4.69) is 37.9 Å². The summed E-state index contributed by atoms with van der Waals surface area (Å²) >= 11 is 0. The normalized spacial score (nSPS) is 25.1. The zero-order chi connectivity index (χ0) is 21.6. The molecule has 2 aliphatic rings. The molecule has 5 nitrogen and oxygen atoms in total. The van der Waals surface area contributed by atoms with Crippen molar-refractivity contribution in [1.29, 1.82) is 0 Å². The van der Waals surface area contributed by atoms with Gasteiger partial charge in [0.15, 0.2) is 0 Å². The number of imide groups is 1. The Balaban J connectivity index is 1.54. The number of benzene rings is 1. The lowest BCUT2D eigenvalue weighted by Crippen LogP contribution is -2.40. The van der Waals surface area contributed by atoms with Gasteiger partial charge in [-0.15, -0.1) is 0 Å². The highest BCUT2D eigenvalue weighted by molar-refractivity contribution is 6.18. The number of fused-ring (bicyclic) bond motifs is 1. The molecule has 1 aromatic carbocycles. The second-order valence-corrected chi connectivity index (χ2v) is 9.29. The number of amides is 2. The Morgan fingerprint density at radius 1 is 1.10 bits per heavy atom. The summed E-state index contributed by atoms with van der Waals surface area (Å²) in [6.07, 6.45) is 4.24. The first-order valence-corrected chi connectivity index (χ1v) is 10.9. The smallest absolute Gasteiger partial charge is 0.256 e. The fourth-order valence-electron chi connectivity index (χ4n) is 5.02. The monoisotopic (exact) mass is 405 g/mol. The van der Waals surface area contributed by atoms with E-state index in [1.165, 1.54) is 10.5 Å². The molecule has 2 heterocycles. The molecule has 1 N–H and O–H groups in total. The molecule has 158 valence electrons. The minimum absolute atomic E-state index is 0.129. The molecule has 0 spiro atoms. The fourth-order valence-corrected chi connectivity index (χ4v) is 5.02. The SMILES string of the molecule is CC1=CC(CN2C(=O)C(C)=C(C)C2=O)C(C(C)C)CC1Cc1nc2ccccc2[nH]1. The first-order valence-electron chi connectivity index (χ1n) is 10.9. The number of carbonyl (C=O) groups is 2. The van der Waals surface area contributed by atoms with Crippen LogP contribution in [0.3, 0.4) is 0 Å². The van der Waals surface area contributed by atoms with Gasteiger partial charge < -0.3 is 4.98 Å². The first kappa shape index (κ1) is 20.6. The average Bonchev–Trinajstić information content (AvgIpc) is 3.20. The summed E-state index contributed by atoms with van der Waals surface area (Å²) in [7, 11) is 0. The van der Waals surface area contributed by atoms with E-state index in [1.54, 1.807) is 13.8 Å². The molecule has 4 rings (SSSR count). The number of allylic oxidation sites excluding steroid dienone is 1. The molecule has 0 radical (unpaired) electrons. The average molecular weight is 406 g/mol. The number of aromatic amines is 1. The van der Waals surface area contributed by atoms with Crippen LogP contribution in [-0.4, -0.2) is 33.2 Å². The first-order chi connectivity index (χ1) is 14.3. The highest BCUT2D eigenvalue weighted by atomic mass is 16.2. The van der Waals surface area contributed by atoms with E-state index in [9.17, 15) is 9.59 Å².